The Morgan fingerprint density at radius 3 is 2.57 bits per heavy atom. The third-order valence-electron chi connectivity index (χ3n) is 4.30. The highest BCUT2D eigenvalue weighted by Crippen LogP contribution is 2.28. The van der Waals surface area contributed by atoms with Crippen LogP contribution in [0, 0.1) is 0 Å². The van der Waals surface area contributed by atoms with Crippen LogP contribution in [0.4, 0.5) is 0 Å². The maximum atomic E-state index is 12.2. The molecular weight excluding hydrogens is 264 g/mol. The number of carboxylic acid groups (broad SMARTS) is 1. The predicted octanol–water partition coefficient (Wildman–Crippen LogP) is 2.45. The molecule has 0 bridgehead atoms. The van der Waals surface area contributed by atoms with E-state index in [9.17, 15) is 9.90 Å². The van der Waals surface area contributed by atoms with Gasteiger partial charge in [0, 0.05) is 18.6 Å². The number of hydrogen-bond acceptors (Lipinski definition) is 3. The van der Waals surface area contributed by atoms with E-state index in [1.807, 2.05) is 44.2 Å². The molecule has 1 aromatic rings. The van der Waals surface area contributed by atoms with Gasteiger partial charge < -0.3 is 5.11 Å². The molecule has 21 heavy (non-hydrogen) atoms. The number of benzene rings is 1. The van der Waals surface area contributed by atoms with E-state index in [2.05, 4.69) is 17.1 Å². The van der Waals surface area contributed by atoms with E-state index in [0.717, 1.165) is 24.9 Å². The van der Waals surface area contributed by atoms with Gasteiger partial charge in [-0.25, -0.2) is 4.79 Å². The molecule has 2 rings (SSSR count). The van der Waals surface area contributed by atoms with Gasteiger partial charge in [0.1, 0.15) is 0 Å². The van der Waals surface area contributed by atoms with Crippen molar-refractivity contribution in [2.24, 2.45) is 0 Å². The first kappa shape index (κ1) is 16.0. The predicted molar refractivity (Wildman–Crippen MR) is 84.3 cm³/mol. The Bertz CT molecular complexity index is 475. The van der Waals surface area contributed by atoms with Crippen LogP contribution in [0.5, 0.6) is 0 Å². The summed E-state index contributed by atoms with van der Waals surface area (Å²) in [6.45, 7) is 7.65. The fraction of sp³-hybridized carbons (Fsp3) is 0.588. The summed E-state index contributed by atoms with van der Waals surface area (Å²) in [5.41, 5.74) is -0.223. The minimum absolute atomic E-state index is 0.0965. The third kappa shape index (κ3) is 3.44. The molecule has 1 aliphatic rings. The second-order valence-corrected chi connectivity index (χ2v) is 6.34. The molecule has 1 saturated heterocycles. The highest BCUT2D eigenvalue weighted by atomic mass is 16.4. The van der Waals surface area contributed by atoms with Crippen LogP contribution in [0.3, 0.4) is 0 Å². The van der Waals surface area contributed by atoms with Gasteiger partial charge in [-0.15, -0.1) is 0 Å². The van der Waals surface area contributed by atoms with Gasteiger partial charge in [-0.3, -0.25) is 10.2 Å². The van der Waals surface area contributed by atoms with Crippen LogP contribution in [0.25, 0.3) is 0 Å². The summed E-state index contributed by atoms with van der Waals surface area (Å²) >= 11 is 0. The molecule has 0 radical (unpaired) electrons. The maximum Gasteiger partial charge on any atom is 0.329 e. The molecule has 4 heteroatoms. The number of carboxylic acids is 1. The van der Waals surface area contributed by atoms with Crippen LogP contribution < -0.4 is 5.32 Å². The molecule has 1 aromatic carbocycles. The van der Waals surface area contributed by atoms with Crippen LogP contribution in [-0.4, -0.2) is 41.1 Å². The van der Waals surface area contributed by atoms with Crippen LogP contribution in [0.1, 0.15) is 39.2 Å². The van der Waals surface area contributed by atoms with Gasteiger partial charge >= 0.3 is 5.97 Å². The normalized spacial score (nSPS) is 22.4. The number of rotatable bonds is 6. The molecule has 2 unspecified atom stereocenters. The maximum absolute atomic E-state index is 12.2. The summed E-state index contributed by atoms with van der Waals surface area (Å²) in [7, 11) is 0. The lowest BCUT2D eigenvalue weighted by atomic mass is 9.88. The van der Waals surface area contributed by atoms with Crippen LogP contribution in [0.15, 0.2) is 30.3 Å². The molecule has 0 saturated carbocycles. The van der Waals surface area contributed by atoms with Crippen molar-refractivity contribution >= 4 is 5.97 Å². The number of nitrogens with one attached hydrogen (secondary N) is 1. The van der Waals surface area contributed by atoms with Crippen molar-refractivity contribution in [1.82, 2.24) is 10.2 Å². The molecule has 2 atom stereocenters. The van der Waals surface area contributed by atoms with Gasteiger partial charge in [0.25, 0.3) is 0 Å². The van der Waals surface area contributed by atoms with E-state index in [4.69, 9.17) is 0 Å². The molecule has 0 spiro atoms. The van der Waals surface area contributed by atoms with Crippen molar-refractivity contribution in [1.29, 1.82) is 0 Å². The Hall–Kier alpha value is -1.39. The van der Waals surface area contributed by atoms with Crippen molar-refractivity contribution in [3.05, 3.63) is 35.9 Å². The van der Waals surface area contributed by atoms with Crippen LogP contribution in [-0.2, 0) is 10.3 Å². The molecule has 1 aliphatic heterocycles. The number of likely N-dealkylation sites (tertiary alicyclic amines) is 1. The Labute approximate surface area is 127 Å². The lowest BCUT2D eigenvalue weighted by Crippen LogP contribution is -2.58. The molecule has 1 heterocycles. The molecular formula is C17H26N2O2. The van der Waals surface area contributed by atoms with E-state index in [1.54, 1.807) is 0 Å². The Morgan fingerprint density at radius 1 is 1.43 bits per heavy atom. The zero-order valence-electron chi connectivity index (χ0n) is 13.2. The quantitative estimate of drug-likeness (QED) is 0.845. The first-order valence-corrected chi connectivity index (χ1v) is 7.76. The minimum atomic E-state index is -1.05. The summed E-state index contributed by atoms with van der Waals surface area (Å²) in [4.78, 5) is 14.5. The van der Waals surface area contributed by atoms with Crippen molar-refractivity contribution in [2.45, 2.75) is 51.2 Å². The lowest BCUT2D eigenvalue weighted by Gasteiger charge is -2.37. The standard InChI is InChI=1S/C17H26N2O2/c1-13(2)18-17(16(20)21,15-9-5-4-6-10-15)12-19-11-7-8-14(19)3/h4-6,9-10,13-14,18H,7-8,11-12H2,1-3H3,(H,20,21). The first-order valence-electron chi connectivity index (χ1n) is 7.76. The number of nitrogens with zero attached hydrogens (tertiary/aromatic N) is 1. The zero-order valence-corrected chi connectivity index (χ0v) is 13.2. The van der Waals surface area contributed by atoms with Crippen LogP contribution >= 0.6 is 0 Å². The minimum Gasteiger partial charge on any atom is -0.480 e. The monoisotopic (exact) mass is 290 g/mol. The molecule has 4 nitrogen and oxygen atoms in total. The van der Waals surface area contributed by atoms with Gasteiger partial charge in [-0.1, -0.05) is 30.3 Å². The summed E-state index contributed by atoms with van der Waals surface area (Å²) in [6, 6.07) is 10.1. The van der Waals surface area contributed by atoms with E-state index < -0.39 is 11.5 Å². The van der Waals surface area contributed by atoms with Gasteiger partial charge in [0.15, 0.2) is 5.54 Å². The first-order chi connectivity index (χ1) is 9.95. The van der Waals surface area contributed by atoms with Gasteiger partial charge in [0.2, 0.25) is 0 Å². The van der Waals surface area contributed by atoms with E-state index >= 15 is 0 Å². The molecule has 0 aliphatic carbocycles. The van der Waals surface area contributed by atoms with Gasteiger partial charge in [-0.2, -0.15) is 0 Å². The highest BCUT2D eigenvalue weighted by molar-refractivity contribution is 5.81. The van der Waals surface area contributed by atoms with Crippen molar-refractivity contribution in [3.63, 3.8) is 0 Å². The Kier molecular flexibility index (Phi) is 5.01. The topological polar surface area (TPSA) is 52.6 Å². The summed E-state index contributed by atoms with van der Waals surface area (Å²) in [6.07, 6.45) is 2.29. The van der Waals surface area contributed by atoms with Crippen molar-refractivity contribution < 1.29 is 9.90 Å². The molecule has 116 valence electrons. The fourth-order valence-corrected chi connectivity index (χ4v) is 3.22. The number of carbonyl (C=O) groups is 1. The Balaban J connectivity index is 2.38. The smallest absolute Gasteiger partial charge is 0.329 e. The summed E-state index contributed by atoms with van der Waals surface area (Å²) in [5, 5.41) is 13.3. The third-order valence-corrected chi connectivity index (χ3v) is 4.30. The summed E-state index contributed by atoms with van der Waals surface area (Å²) in [5.74, 6) is -0.804. The second kappa shape index (κ2) is 6.58. The second-order valence-electron chi connectivity index (χ2n) is 6.34. The van der Waals surface area contributed by atoms with Gasteiger partial charge in [0.05, 0.1) is 0 Å². The molecule has 1 fully saturated rings. The SMILES string of the molecule is CC(C)NC(CN1CCCC1C)(C(=O)O)c1ccccc1. The molecule has 0 aromatic heterocycles. The van der Waals surface area contributed by atoms with Crippen molar-refractivity contribution in [3.8, 4) is 0 Å². The van der Waals surface area contributed by atoms with Gasteiger partial charge in [-0.05, 0) is 45.7 Å². The Morgan fingerprint density at radius 2 is 2.10 bits per heavy atom. The zero-order chi connectivity index (χ0) is 15.5. The average Bonchev–Trinajstić information content (AvgIpc) is 2.83. The number of hydrogen-bond donors (Lipinski definition) is 2. The summed E-state index contributed by atoms with van der Waals surface area (Å²) < 4.78 is 0. The van der Waals surface area contributed by atoms with E-state index in [1.165, 1.54) is 0 Å². The highest BCUT2D eigenvalue weighted by Gasteiger charge is 2.43. The number of aliphatic carboxylic acids is 1. The van der Waals surface area contributed by atoms with E-state index in [0.29, 0.717) is 12.6 Å². The fourth-order valence-electron chi connectivity index (χ4n) is 3.22. The molecule has 2 N–H and O–H groups in total. The van der Waals surface area contributed by atoms with E-state index in [-0.39, 0.29) is 6.04 Å². The lowest BCUT2D eigenvalue weighted by molar-refractivity contribution is -0.147. The van der Waals surface area contributed by atoms with Crippen molar-refractivity contribution in [2.75, 3.05) is 13.1 Å². The molecule has 0 amide bonds. The van der Waals surface area contributed by atoms with Crippen LogP contribution in [0.2, 0.25) is 0 Å². The largest absolute Gasteiger partial charge is 0.480 e. The average molecular weight is 290 g/mol.